The van der Waals surface area contributed by atoms with E-state index in [1.165, 1.54) is 39.9 Å². The molecule has 2 heterocycles. The zero-order valence-electron chi connectivity index (χ0n) is 19.7. The Kier molecular flexibility index (Phi) is 8.29. The maximum absolute atomic E-state index is 12.9. The van der Waals surface area contributed by atoms with Gasteiger partial charge in [0.1, 0.15) is 11.1 Å². The van der Waals surface area contributed by atoms with Crippen molar-refractivity contribution in [3.8, 4) is 6.07 Å². The molecule has 7 nitrogen and oxygen atoms in total. The van der Waals surface area contributed by atoms with Gasteiger partial charge in [0.2, 0.25) is 10.0 Å². The summed E-state index contributed by atoms with van der Waals surface area (Å²) in [6, 6.07) is 8.68. The van der Waals surface area contributed by atoms with Crippen LogP contribution in [0.5, 0.6) is 0 Å². The van der Waals surface area contributed by atoms with Gasteiger partial charge in [-0.25, -0.2) is 8.42 Å². The van der Waals surface area contributed by atoms with E-state index in [0.717, 1.165) is 42.8 Å². The first-order chi connectivity index (χ1) is 15.7. The summed E-state index contributed by atoms with van der Waals surface area (Å²) in [7, 11) is -3.59. The van der Waals surface area contributed by atoms with E-state index in [9.17, 15) is 18.5 Å². The fraction of sp³-hybridized carbons (Fsp3) is 0.500. The summed E-state index contributed by atoms with van der Waals surface area (Å²) in [4.78, 5) is 16.5. The van der Waals surface area contributed by atoms with Gasteiger partial charge in [0, 0.05) is 42.7 Å². The van der Waals surface area contributed by atoms with Crippen molar-refractivity contribution in [3.05, 3.63) is 45.8 Å². The Morgan fingerprint density at radius 2 is 1.97 bits per heavy atom. The molecule has 0 aliphatic carbocycles. The van der Waals surface area contributed by atoms with E-state index < -0.39 is 10.0 Å². The van der Waals surface area contributed by atoms with Gasteiger partial charge < -0.3 is 5.32 Å². The number of fused-ring (bicyclic) bond motifs is 1. The number of amides is 1. The minimum atomic E-state index is -3.59. The third kappa shape index (κ3) is 5.46. The number of rotatable bonds is 9. The number of nitrogens with zero attached hydrogens (tertiary/aromatic N) is 3. The summed E-state index contributed by atoms with van der Waals surface area (Å²) in [6.45, 7) is 10.7. The molecule has 0 unspecified atom stereocenters. The molecule has 0 saturated carbocycles. The van der Waals surface area contributed by atoms with Crippen molar-refractivity contribution < 1.29 is 13.2 Å². The van der Waals surface area contributed by atoms with E-state index >= 15 is 0 Å². The number of benzene rings is 1. The highest BCUT2D eigenvalue weighted by atomic mass is 32.2. The number of nitriles is 1. The Bertz CT molecular complexity index is 1130. The van der Waals surface area contributed by atoms with Crippen LogP contribution in [0.15, 0.2) is 29.2 Å². The molecule has 3 rings (SSSR count). The molecule has 2 aromatic rings. The van der Waals surface area contributed by atoms with E-state index in [1.54, 1.807) is 0 Å². The van der Waals surface area contributed by atoms with E-state index in [0.29, 0.717) is 35.3 Å². The van der Waals surface area contributed by atoms with Gasteiger partial charge in [-0.15, -0.1) is 11.3 Å². The average molecular weight is 489 g/mol. The summed E-state index contributed by atoms with van der Waals surface area (Å²) in [5.41, 5.74) is 1.92. The van der Waals surface area contributed by atoms with E-state index in [-0.39, 0.29) is 10.8 Å². The molecule has 0 fully saturated rings. The summed E-state index contributed by atoms with van der Waals surface area (Å²) in [5, 5.41) is 13.1. The first kappa shape index (κ1) is 25.4. The molecular weight excluding hydrogens is 456 g/mol. The SMILES string of the molecule is CCCCN(CC)S(=O)(=O)c1ccc(C(=O)Nc2sc3c(c2C#N)CCN(C(C)C)C3)cc1. The maximum Gasteiger partial charge on any atom is 0.256 e. The van der Waals surface area contributed by atoms with Crippen molar-refractivity contribution in [2.45, 2.75) is 64.4 Å². The van der Waals surface area contributed by atoms with Gasteiger partial charge in [0.15, 0.2) is 0 Å². The molecular formula is C24H32N4O3S2. The lowest BCUT2D eigenvalue weighted by molar-refractivity contribution is 0.102. The lowest BCUT2D eigenvalue weighted by atomic mass is 10.0. The monoisotopic (exact) mass is 488 g/mol. The zero-order chi connectivity index (χ0) is 24.2. The topological polar surface area (TPSA) is 93.5 Å². The maximum atomic E-state index is 12.9. The van der Waals surface area contributed by atoms with E-state index in [2.05, 4.69) is 30.1 Å². The van der Waals surface area contributed by atoms with Gasteiger partial charge >= 0.3 is 0 Å². The number of carbonyl (C=O) groups excluding carboxylic acids is 1. The van der Waals surface area contributed by atoms with Crippen LogP contribution in [0, 0.1) is 11.3 Å². The molecule has 1 amide bonds. The van der Waals surface area contributed by atoms with Crippen LogP contribution in [0.3, 0.4) is 0 Å². The van der Waals surface area contributed by atoms with Crippen LogP contribution >= 0.6 is 11.3 Å². The van der Waals surface area contributed by atoms with Crippen LogP contribution in [0.1, 0.15) is 66.9 Å². The van der Waals surface area contributed by atoms with Gasteiger partial charge in [-0.3, -0.25) is 9.69 Å². The summed E-state index contributed by atoms with van der Waals surface area (Å²) in [6.07, 6.45) is 2.51. The number of nitrogens with one attached hydrogen (secondary N) is 1. The van der Waals surface area contributed by atoms with Crippen molar-refractivity contribution in [2.75, 3.05) is 25.0 Å². The van der Waals surface area contributed by atoms with Crippen molar-refractivity contribution >= 4 is 32.3 Å². The predicted molar refractivity (Wildman–Crippen MR) is 132 cm³/mol. The van der Waals surface area contributed by atoms with Gasteiger partial charge in [0.25, 0.3) is 5.91 Å². The second-order valence-corrected chi connectivity index (χ2v) is 11.5. The molecule has 33 heavy (non-hydrogen) atoms. The molecule has 0 bridgehead atoms. The van der Waals surface area contributed by atoms with Crippen LogP contribution in [-0.2, 0) is 23.0 Å². The Hall–Kier alpha value is -2.25. The highest BCUT2D eigenvalue weighted by Gasteiger charge is 2.27. The molecule has 0 atom stereocenters. The summed E-state index contributed by atoms with van der Waals surface area (Å²) in [5.74, 6) is -0.354. The number of hydrogen-bond acceptors (Lipinski definition) is 6. The Labute approximate surface area is 201 Å². The van der Waals surface area contributed by atoms with Gasteiger partial charge in [0.05, 0.1) is 10.5 Å². The first-order valence-electron chi connectivity index (χ1n) is 11.4. The Morgan fingerprint density at radius 1 is 1.27 bits per heavy atom. The van der Waals surface area contributed by atoms with Crippen LogP contribution in [-0.4, -0.2) is 49.2 Å². The normalized spacial score (nSPS) is 14.3. The quantitative estimate of drug-likeness (QED) is 0.563. The lowest BCUT2D eigenvalue weighted by Crippen LogP contribution is -2.35. The van der Waals surface area contributed by atoms with Crippen molar-refractivity contribution in [2.24, 2.45) is 0 Å². The van der Waals surface area contributed by atoms with Crippen LogP contribution in [0.2, 0.25) is 0 Å². The molecule has 1 aromatic carbocycles. The fourth-order valence-corrected chi connectivity index (χ4v) is 6.66. The first-order valence-corrected chi connectivity index (χ1v) is 13.7. The molecule has 1 N–H and O–H groups in total. The molecule has 0 spiro atoms. The molecule has 178 valence electrons. The second-order valence-electron chi connectivity index (χ2n) is 8.46. The van der Waals surface area contributed by atoms with Crippen molar-refractivity contribution in [3.63, 3.8) is 0 Å². The number of thiophene rings is 1. The number of anilines is 1. The standard InChI is InChI=1S/C24H32N4O3S2/c1-5-7-13-28(6-2)33(30,31)19-10-8-18(9-11-19)23(29)26-24-21(15-25)20-12-14-27(17(3)4)16-22(20)32-24/h8-11,17H,5-7,12-14,16H2,1-4H3,(H,26,29). The molecule has 1 aliphatic rings. The predicted octanol–water partition coefficient (Wildman–Crippen LogP) is 4.45. The molecule has 0 saturated heterocycles. The summed E-state index contributed by atoms with van der Waals surface area (Å²) >= 11 is 1.45. The smallest absolute Gasteiger partial charge is 0.256 e. The molecule has 1 aliphatic heterocycles. The largest absolute Gasteiger partial charge is 0.312 e. The minimum Gasteiger partial charge on any atom is -0.312 e. The Morgan fingerprint density at radius 3 is 2.55 bits per heavy atom. The number of carbonyl (C=O) groups is 1. The molecule has 1 aromatic heterocycles. The average Bonchev–Trinajstić information content (AvgIpc) is 3.15. The van der Waals surface area contributed by atoms with Crippen LogP contribution in [0.4, 0.5) is 5.00 Å². The minimum absolute atomic E-state index is 0.176. The van der Waals surface area contributed by atoms with Gasteiger partial charge in [-0.05, 0) is 56.5 Å². The van der Waals surface area contributed by atoms with Crippen molar-refractivity contribution in [1.29, 1.82) is 5.26 Å². The highest BCUT2D eigenvalue weighted by Crippen LogP contribution is 2.37. The van der Waals surface area contributed by atoms with Crippen molar-refractivity contribution in [1.82, 2.24) is 9.21 Å². The van der Waals surface area contributed by atoms with Crippen LogP contribution < -0.4 is 5.32 Å². The number of unbranched alkanes of at least 4 members (excludes halogenated alkanes) is 1. The van der Waals surface area contributed by atoms with Crippen LogP contribution in [0.25, 0.3) is 0 Å². The molecule has 0 radical (unpaired) electrons. The highest BCUT2D eigenvalue weighted by molar-refractivity contribution is 7.89. The summed E-state index contributed by atoms with van der Waals surface area (Å²) < 4.78 is 27.3. The molecule has 9 heteroatoms. The van der Waals surface area contributed by atoms with Gasteiger partial charge in [-0.1, -0.05) is 20.3 Å². The zero-order valence-corrected chi connectivity index (χ0v) is 21.4. The van der Waals surface area contributed by atoms with E-state index in [1.807, 2.05) is 13.8 Å². The Balaban J connectivity index is 1.78. The van der Waals surface area contributed by atoms with Gasteiger partial charge in [-0.2, -0.15) is 9.57 Å². The van der Waals surface area contributed by atoms with E-state index in [4.69, 9.17) is 0 Å². The number of hydrogen-bond donors (Lipinski definition) is 1. The third-order valence-corrected chi connectivity index (χ3v) is 9.14. The second kappa shape index (κ2) is 10.8. The third-order valence-electron chi connectivity index (χ3n) is 6.02. The fourth-order valence-electron chi connectivity index (χ4n) is 3.96. The lowest BCUT2D eigenvalue weighted by Gasteiger charge is -2.30. The number of sulfonamides is 1.